The number of aromatic amines is 1. The van der Waals surface area contributed by atoms with Gasteiger partial charge in [-0.3, -0.25) is 4.79 Å². The maximum Gasteiger partial charge on any atom is 0.152 e. The Morgan fingerprint density at radius 2 is 1.85 bits per heavy atom. The highest BCUT2D eigenvalue weighted by molar-refractivity contribution is 6.07. The first kappa shape index (κ1) is 12.5. The number of fused-ring (bicyclic) bond motifs is 1. The first-order valence-corrected chi connectivity index (χ1v) is 6.45. The molecule has 0 saturated carbocycles. The van der Waals surface area contributed by atoms with E-state index in [-0.39, 0.29) is 0 Å². The Balaban J connectivity index is 2.26. The lowest BCUT2D eigenvalue weighted by Gasteiger charge is -2.06. The van der Waals surface area contributed by atoms with Gasteiger partial charge in [0.05, 0.1) is 7.11 Å². The zero-order valence-electron chi connectivity index (χ0n) is 11.4. The third-order valence-corrected chi connectivity index (χ3v) is 3.58. The van der Waals surface area contributed by atoms with Crippen molar-refractivity contribution in [3.05, 3.63) is 53.7 Å². The molecule has 3 nitrogen and oxygen atoms in total. The summed E-state index contributed by atoms with van der Waals surface area (Å²) >= 11 is 0. The van der Waals surface area contributed by atoms with Crippen LogP contribution >= 0.6 is 0 Å². The van der Waals surface area contributed by atoms with Crippen LogP contribution in [0.15, 0.2) is 42.5 Å². The molecule has 0 atom stereocenters. The van der Waals surface area contributed by atoms with Crippen LogP contribution in [0, 0.1) is 6.92 Å². The molecule has 20 heavy (non-hydrogen) atoms. The number of H-pyrrole nitrogens is 1. The lowest BCUT2D eigenvalue weighted by Crippen LogP contribution is -1.86. The van der Waals surface area contributed by atoms with E-state index in [4.69, 9.17) is 4.74 Å². The van der Waals surface area contributed by atoms with Gasteiger partial charge in [-0.25, -0.2) is 0 Å². The van der Waals surface area contributed by atoms with Gasteiger partial charge in [0.25, 0.3) is 0 Å². The number of carbonyl (C=O) groups excluding carboxylic acids is 1. The largest absolute Gasteiger partial charge is 0.497 e. The highest BCUT2D eigenvalue weighted by Gasteiger charge is 2.12. The number of aryl methyl sites for hydroxylation is 1. The number of ether oxygens (including phenoxy) is 1. The number of aldehydes is 1. The van der Waals surface area contributed by atoms with Gasteiger partial charge >= 0.3 is 0 Å². The first-order chi connectivity index (χ1) is 9.74. The molecule has 0 spiro atoms. The van der Waals surface area contributed by atoms with Crippen LogP contribution in [0.2, 0.25) is 0 Å². The molecule has 100 valence electrons. The summed E-state index contributed by atoms with van der Waals surface area (Å²) in [7, 11) is 1.65. The standard InChI is InChI=1S/C17H15NO2/c1-11-15(10-19)17-14(4-3-5-16(17)18-11)12-6-8-13(20-2)9-7-12/h3-10,18H,1-2H3. The average Bonchev–Trinajstić information content (AvgIpc) is 2.82. The molecule has 0 radical (unpaired) electrons. The monoisotopic (exact) mass is 265 g/mol. The summed E-state index contributed by atoms with van der Waals surface area (Å²) in [5, 5.41) is 0.977. The number of hydrogen-bond donors (Lipinski definition) is 1. The SMILES string of the molecule is COc1ccc(-c2cccc3[nH]c(C)c(C=O)c23)cc1. The Labute approximate surface area is 117 Å². The Morgan fingerprint density at radius 3 is 2.50 bits per heavy atom. The molecule has 0 aliphatic heterocycles. The molecule has 0 aliphatic carbocycles. The third kappa shape index (κ3) is 1.88. The van der Waals surface area contributed by atoms with Crippen molar-refractivity contribution in [2.45, 2.75) is 6.92 Å². The average molecular weight is 265 g/mol. The van der Waals surface area contributed by atoms with E-state index in [2.05, 4.69) is 4.98 Å². The van der Waals surface area contributed by atoms with Gasteiger partial charge in [-0.05, 0) is 36.2 Å². The maximum absolute atomic E-state index is 11.3. The Morgan fingerprint density at radius 1 is 1.10 bits per heavy atom. The van der Waals surface area contributed by atoms with Crippen molar-refractivity contribution in [3.63, 3.8) is 0 Å². The lowest BCUT2D eigenvalue weighted by molar-refractivity contribution is 0.112. The number of hydrogen-bond acceptors (Lipinski definition) is 2. The molecule has 2 aromatic carbocycles. The highest BCUT2D eigenvalue weighted by atomic mass is 16.5. The van der Waals surface area contributed by atoms with E-state index < -0.39 is 0 Å². The molecule has 0 saturated heterocycles. The summed E-state index contributed by atoms with van der Waals surface area (Å²) in [5.41, 5.74) is 4.73. The van der Waals surface area contributed by atoms with Gasteiger partial charge in [-0.15, -0.1) is 0 Å². The van der Waals surface area contributed by atoms with Gasteiger partial charge in [0, 0.05) is 22.2 Å². The molecule has 0 bridgehead atoms. The van der Waals surface area contributed by atoms with Gasteiger partial charge in [-0.2, -0.15) is 0 Å². The number of methoxy groups -OCH3 is 1. The van der Waals surface area contributed by atoms with Crippen LogP contribution in [0.3, 0.4) is 0 Å². The Bertz CT molecular complexity index is 770. The van der Waals surface area contributed by atoms with Crippen LogP contribution in [-0.4, -0.2) is 18.4 Å². The second-order valence-electron chi connectivity index (χ2n) is 4.74. The number of nitrogens with one attached hydrogen (secondary N) is 1. The molecular formula is C17H15NO2. The molecule has 3 rings (SSSR count). The number of carbonyl (C=O) groups is 1. The van der Waals surface area contributed by atoms with Gasteiger partial charge in [0.2, 0.25) is 0 Å². The number of benzene rings is 2. The maximum atomic E-state index is 11.3. The molecule has 3 heteroatoms. The van der Waals surface area contributed by atoms with E-state index in [0.717, 1.165) is 45.3 Å². The van der Waals surface area contributed by atoms with E-state index in [1.54, 1.807) is 7.11 Å². The quantitative estimate of drug-likeness (QED) is 0.728. The summed E-state index contributed by atoms with van der Waals surface area (Å²) in [6.07, 6.45) is 0.918. The topological polar surface area (TPSA) is 42.1 Å². The van der Waals surface area contributed by atoms with Crippen LogP contribution in [0.4, 0.5) is 0 Å². The molecule has 0 amide bonds. The molecule has 0 unspecified atom stereocenters. The minimum Gasteiger partial charge on any atom is -0.497 e. The second kappa shape index (κ2) is 4.85. The fourth-order valence-electron chi connectivity index (χ4n) is 2.56. The molecule has 0 aliphatic rings. The van der Waals surface area contributed by atoms with Crippen molar-refractivity contribution < 1.29 is 9.53 Å². The minimum atomic E-state index is 0.728. The smallest absolute Gasteiger partial charge is 0.152 e. The van der Waals surface area contributed by atoms with Gasteiger partial charge in [0.1, 0.15) is 5.75 Å². The summed E-state index contributed by atoms with van der Waals surface area (Å²) in [5.74, 6) is 0.821. The van der Waals surface area contributed by atoms with Crippen LogP contribution in [0.25, 0.3) is 22.0 Å². The normalized spacial score (nSPS) is 10.7. The summed E-state index contributed by atoms with van der Waals surface area (Å²) in [6.45, 7) is 1.92. The molecule has 1 N–H and O–H groups in total. The molecule has 0 fully saturated rings. The van der Waals surface area contributed by atoms with E-state index in [1.165, 1.54) is 0 Å². The van der Waals surface area contributed by atoms with Crippen molar-refractivity contribution in [3.8, 4) is 16.9 Å². The van der Waals surface area contributed by atoms with Crippen molar-refractivity contribution in [2.75, 3.05) is 7.11 Å². The third-order valence-electron chi connectivity index (χ3n) is 3.58. The number of rotatable bonds is 3. The van der Waals surface area contributed by atoms with E-state index in [9.17, 15) is 4.79 Å². The highest BCUT2D eigenvalue weighted by Crippen LogP contribution is 2.32. The Hall–Kier alpha value is -2.55. The van der Waals surface area contributed by atoms with Crippen molar-refractivity contribution in [1.82, 2.24) is 4.98 Å². The minimum absolute atomic E-state index is 0.728. The summed E-state index contributed by atoms with van der Waals surface area (Å²) in [6, 6.07) is 13.9. The van der Waals surface area contributed by atoms with Crippen LogP contribution in [0.1, 0.15) is 16.1 Å². The van der Waals surface area contributed by atoms with Gasteiger partial charge < -0.3 is 9.72 Å². The van der Waals surface area contributed by atoms with Crippen LogP contribution in [-0.2, 0) is 0 Å². The van der Waals surface area contributed by atoms with E-state index >= 15 is 0 Å². The van der Waals surface area contributed by atoms with Crippen molar-refractivity contribution in [2.24, 2.45) is 0 Å². The molecule has 3 aromatic rings. The zero-order valence-corrected chi connectivity index (χ0v) is 11.4. The van der Waals surface area contributed by atoms with E-state index in [0.29, 0.717) is 0 Å². The van der Waals surface area contributed by atoms with E-state index in [1.807, 2.05) is 49.4 Å². The predicted octanol–water partition coefficient (Wildman–Crippen LogP) is 3.96. The van der Waals surface area contributed by atoms with Crippen molar-refractivity contribution in [1.29, 1.82) is 0 Å². The number of aromatic nitrogens is 1. The lowest BCUT2D eigenvalue weighted by atomic mass is 9.99. The first-order valence-electron chi connectivity index (χ1n) is 6.45. The second-order valence-corrected chi connectivity index (χ2v) is 4.74. The molecule has 1 heterocycles. The summed E-state index contributed by atoms with van der Waals surface area (Å²) < 4.78 is 5.18. The van der Waals surface area contributed by atoms with Gasteiger partial charge in [0.15, 0.2) is 6.29 Å². The van der Waals surface area contributed by atoms with Gasteiger partial charge in [-0.1, -0.05) is 24.3 Å². The molecule has 1 aromatic heterocycles. The fraction of sp³-hybridized carbons (Fsp3) is 0.118. The fourth-order valence-corrected chi connectivity index (χ4v) is 2.56. The predicted molar refractivity (Wildman–Crippen MR) is 80.4 cm³/mol. The van der Waals surface area contributed by atoms with Crippen LogP contribution < -0.4 is 4.74 Å². The summed E-state index contributed by atoms with van der Waals surface area (Å²) in [4.78, 5) is 14.6. The Kier molecular flexibility index (Phi) is 3.03. The van der Waals surface area contributed by atoms with Crippen LogP contribution in [0.5, 0.6) is 5.75 Å². The van der Waals surface area contributed by atoms with Crippen molar-refractivity contribution >= 4 is 17.2 Å². The zero-order chi connectivity index (χ0) is 14.1. The molecular weight excluding hydrogens is 250 g/mol.